The monoisotopic (exact) mass is 242 g/mol. The molecule has 4 heteroatoms. The van der Waals surface area contributed by atoms with Crippen molar-refractivity contribution in [2.24, 2.45) is 0 Å². The van der Waals surface area contributed by atoms with Crippen LogP contribution in [0.5, 0.6) is 5.75 Å². The summed E-state index contributed by atoms with van der Waals surface area (Å²) in [5.74, 6) is 0.750. The summed E-state index contributed by atoms with van der Waals surface area (Å²) in [7, 11) is -0.289. The number of rotatable bonds is 2. The largest absolute Gasteiger partial charge is 0.538 e. The lowest BCUT2D eigenvalue weighted by Gasteiger charge is -2.03. The number of aryl methyl sites for hydroxylation is 1. The van der Waals surface area contributed by atoms with E-state index < -0.39 is 0 Å². The Kier molecular flexibility index (Phi) is 2.54. The first-order valence-corrected chi connectivity index (χ1v) is 6.27. The van der Waals surface area contributed by atoms with E-state index in [-0.39, 0.29) is 7.69 Å². The van der Waals surface area contributed by atoms with Crippen molar-refractivity contribution < 1.29 is 9.68 Å². The fraction of sp³-hybridized carbons (Fsp3) is 0.0769. The fourth-order valence-corrected chi connectivity index (χ4v) is 3.31. The Bertz CT molecular complexity index is 690. The average molecular weight is 242 g/mol. The van der Waals surface area contributed by atoms with Gasteiger partial charge in [0.2, 0.25) is 0 Å². The molecule has 0 aliphatic heterocycles. The highest BCUT2D eigenvalue weighted by Gasteiger charge is 2.09. The molecule has 17 heavy (non-hydrogen) atoms. The van der Waals surface area contributed by atoms with Crippen molar-refractivity contribution in [3.8, 4) is 5.75 Å². The van der Waals surface area contributed by atoms with Crippen LogP contribution in [0.15, 0.2) is 36.4 Å². The SMILES string of the molecule is Cc1ccc2c(c1)sc1cccc(OBO)c12. The first-order chi connectivity index (χ1) is 8.29. The summed E-state index contributed by atoms with van der Waals surface area (Å²) in [5.41, 5.74) is 1.26. The van der Waals surface area contributed by atoms with Crippen LogP contribution in [0.1, 0.15) is 5.56 Å². The van der Waals surface area contributed by atoms with Gasteiger partial charge in [-0.05, 0) is 30.7 Å². The molecular weight excluding hydrogens is 231 g/mol. The summed E-state index contributed by atoms with van der Waals surface area (Å²) in [6.07, 6.45) is 0. The molecular formula is C13H11BO2S. The highest BCUT2D eigenvalue weighted by molar-refractivity contribution is 7.25. The Balaban J connectivity index is 2.40. The summed E-state index contributed by atoms with van der Waals surface area (Å²) in [5, 5.41) is 11.2. The molecule has 1 aromatic heterocycles. The van der Waals surface area contributed by atoms with Crippen molar-refractivity contribution in [2.45, 2.75) is 6.92 Å². The molecule has 0 saturated heterocycles. The van der Waals surface area contributed by atoms with Gasteiger partial charge in [-0.15, -0.1) is 11.3 Å². The second-order valence-electron chi connectivity index (χ2n) is 4.00. The van der Waals surface area contributed by atoms with Gasteiger partial charge in [0.1, 0.15) is 5.75 Å². The second-order valence-corrected chi connectivity index (χ2v) is 5.09. The molecule has 2 aromatic carbocycles. The van der Waals surface area contributed by atoms with E-state index in [1.165, 1.54) is 20.3 Å². The number of thiophene rings is 1. The summed E-state index contributed by atoms with van der Waals surface area (Å²) < 4.78 is 7.73. The van der Waals surface area contributed by atoms with E-state index in [0.717, 1.165) is 11.1 Å². The van der Waals surface area contributed by atoms with Gasteiger partial charge in [-0.2, -0.15) is 0 Å². The maximum Gasteiger partial charge on any atom is 0.504 e. The Morgan fingerprint density at radius 1 is 1.18 bits per heavy atom. The minimum Gasteiger partial charge on any atom is -0.538 e. The fourth-order valence-electron chi connectivity index (χ4n) is 2.09. The van der Waals surface area contributed by atoms with E-state index >= 15 is 0 Å². The molecule has 0 aliphatic rings. The van der Waals surface area contributed by atoms with Crippen LogP contribution in [-0.4, -0.2) is 12.7 Å². The zero-order chi connectivity index (χ0) is 11.8. The van der Waals surface area contributed by atoms with Gasteiger partial charge in [0.05, 0.1) is 0 Å². The molecule has 0 fully saturated rings. The van der Waals surface area contributed by atoms with Gasteiger partial charge in [-0.1, -0.05) is 18.2 Å². The molecule has 0 amide bonds. The number of hydrogen-bond donors (Lipinski definition) is 1. The van der Waals surface area contributed by atoms with Crippen molar-refractivity contribution in [2.75, 3.05) is 0 Å². The van der Waals surface area contributed by atoms with Crippen LogP contribution in [0.4, 0.5) is 0 Å². The molecule has 0 saturated carbocycles. The van der Waals surface area contributed by atoms with Gasteiger partial charge in [-0.3, -0.25) is 0 Å². The van der Waals surface area contributed by atoms with Crippen molar-refractivity contribution in [1.82, 2.24) is 0 Å². The molecule has 84 valence electrons. The molecule has 0 radical (unpaired) electrons. The lowest BCUT2D eigenvalue weighted by Crippen LogP contribution is -1.99. The maximum atomic E-state index is 8.91. The van der Waals surface area contributed by atoms with Crippen LogP contribution in [0.25, 0.3) is 20.2 Å². The zero-order valence-corrected chi connectivity index (χ0v) is 10.3. The molecule has 1 N–H and O–H groups in total. The minimum absolute atomic E-state index is 0.289. The van der Waals surface area contributed by atoms with Gasteiger partial charge in [0.15, 0.2) is 0 Å². The molecule has 0 aliphatic carbocycles. The minimum atomic E-state index is -0.289. The van der Waals surface area contributed by atoms with Crippen LogP contribution in [0, 0.1) is 6.92 Å². The topological polar surface area (TPSA) is 29.5 Å². The molecule has 0 spiro atoms. The third-order valence-corrected chi connectivity index (χ3v) is 3.95. The summed E-state index contributed by atoms with van der Waals surface area (Å²) >= 11 is 1.75. The average Bonchev–Trinajstić information content (AvgIpc) is 2.67. The van der Waals surface area contributed by atoms with Crippen LogP contribution >= 0.6 is 11.3 Å². The highest BCUT2D eigenvalue weighted by atomic mass is 32.1. The summed E-state index contributed by atoms with van der Waals surface area (Å²) in [4.78, 5) is 0. The summed E-state index contributed by atoms with van der Waals surface area (Å²) in [6.45, 7) is 2.09. The van der Waals surface area contributed by atoms with Gasteiger partial charge in [0, 0.05) is 20.2 Å². The summed E-state index contributed by atoms with van der Waals surface area (Å²) in [6, 6.07) is 12.3. The van der Waals surface area contributed by atoms with Gasteiger partial charge in [-0.25, -0.2) is 0 Å². The Morgan fingerprint density at radius 3 is 2.88 bits per heavy atom. The Labute approximate surface area is 104 Å². The van der Waals surface area contributed by atoms with Crippen molar-refractivity contribution in [3.63, 3.8) is 0 Å². The first kappa shape index (κ1) is 10.6. The number of hydrogen-bond acceptors (Lipinski definition) is 3. The molecule has 0 bridgehead atoms. The van der Waals surface area contributed by atoms with Crippen molar-refractivity contribution in [3.05, 3.63) is 42.0 Å². The van der Waals surface area contributed by atoms with E-state index in [1.807, 2.05) is 12.1 Å². The van der Waals surface area contributed by atoms with Crippen molar-refractivity contribution in [1.29, 1.82) is 0 Å². The third-order valence-electron chi connectivity index (χ3n) is 2.83. The van der Waals surface area contributed by atoms with Gasteiger partial charge < -0.3 is 9.68 Å². The molecule has 3 aromatic rings. The Morgan fingerprint density at radius 2 is 2.06 bits per heavy atom. The normalized spacial score (nSPS) is 10.9. The Hall–Kier alpha value is -1.52. The van der Waals surface area contributed by atoms with E-state index in [1.54, 1.807) is 11.3 Å². The number of fused-ring (bicyclic) bond motifs is 3. The van der Waals surface area contributed by atoms with Crippen molar-refractivity contribution >= 4 is 39.2 Å². The van der Waals surface area contributed by atoms with E-state index in [2.05, 4.69) is 31.2 Å². The lowest BCUT2D eigenvalue weighted by molar-refractivity contribution is 0.457. The molecule has 2 nitrogen and oxygen atoms in total. The highest BCUT2D eigenvalue weighted by Crippen LogP contribution is 2.39. The van der Waals surface area contributed by atoms with Gasteiger partial charge >= 0.3 is 7.69 Å². The third kappa shape index (κ3) is 1.70. The predicted octanol–water partition coefficient (Wildman–Crippen LogP) is 3.00. The van der Waals surface area contributed by atoms with E-state index in [4.69, 9.17) is 9.68 Å². The molecule has 0 atom stereocenters. The van der Waals surface area contributed by atoms with E-state index in [0.29, 0.717) is 0 Å². The van der Waals surface area contributed by atoms with E-state index in [9.17, 15) is 0 Å². The van der Waals surface area contributed by atoms with Gasteiger partial charge in [0.25, 0.3) is 0 Å². The van der Waals surface area contributed by atoms with Crippen LogP contribution < -0.4 is 4.65 Å². The molecule has 3 rings (SSSR count). The first-order valence-electron chi connectivity index (χ1n) is 5.45. The smallest absolute Gasteiger partial charge is 0.504 e. The molecule has 1 heterocycles. The second kappa shape index (κ2) is 4.06. The maximum absolute atomic E-state index is 8.91. The quantitative estimate of drug-likeness (QED) is 0.700. The van der Waals surface area contributed by atoms with Crippen LogP contribution in [0.3, 0.4) is 0 Å². The van der Waals surface area contributed by atoms with Crippen LogP contribution in [0.2, 0.25) is 0 Å². The standard InChI is InChI=1S/C13H11BO2S/c1-8-5-6-9-12(7-8)17-11-4-2-3-10(13(9)11)16-14-15/h2-7,14-15H,1H3. The van der Waals surface area contributed by atoms with Crippen LogP contribution in [-0.2, 0) is 0 Å². The lowest BCUT2D eigenvalue weighted by atomic mass is 10.1. The zero-order valence-electron chi connectivity index (χ0n) is 9.43. The molecule has 0 unspecified atom stereocenters. The predicted molar refractivity (Wildman–Crippen MR) is 74.1 cm³/mol. The number of benzene rings is 2.